The van der Waals surface area contributed by atoms with Gasteiger partial charge in [-0.05, 0) is 63.9 Å². The number of nitroso groups, excluding NO2 is 1. The van der Waals surface area contributed by atoms with E-state index in [0.717, 1.165) is 37.1 Å². The zero-order valence-corrected chi connectivity index (χ0v) is 22.7. The number of fused-ring (bicyclic) bond motifs is 3. The monoisotopic (exact) mass is 524 g/mol. The Morgan fingerprint density at radius 3 is 2.21 bits per heavy atom. The lowest BCUT2D eigenvalue weighted by Gasteiger charge is -2.53. The summed E-state index contributed by atoms with van der Waals surface area (Å²) in [6.07, 6.45) is 23.1. The summed E-state index contributed by atoms with van der Waals surface area (Å²) in [7, 11) is 0. The molecule has 0 aromatic carbocycles. The van der Waals surface area contributed by atoms with Crippen molar-refractivity contribution >= 4 is 12.0 Å². The predicted octanol–water partition coefficient (Wildman–Crippen LogP) is 6.33. The maximum atomic E-state index is 14.0. The van der Waals surface area contributed by atoms with E-state index in [0.29, 0.717) is 18.1 Å². The van der Waals surface area contributed by atoms with Crippen LogP contribution in [-0.2, 0) is 11.2 Å². The van der Waals surface area contributed by atoms with Gasteiger partial charge in [-0.1, -0.05) is 62.6 Å². The standard InChI is InChI=1S/C30H44N4O4/c35-28(36)18-17-26(32-38)29-30(37)34(27-16-9-8-15-25(27)31-29)24-19-22-13-10-14-23(20-24)33(22)21-11-6-4-2-1-3-5-7-12-21/h8,15,21-24,26H,1-7,9-14,16-20H2,(H,35,36). The van der Waals surface area contributed by atoms with Crippen LogP contribution >= 0.6 is 0 Å². The van der Waals surface area contributed by atoms with Gasteiger partial charge >= 0.3 is 5.97 Å². The minimum Gasteiger partial charge on any atom is -0.481 e. The lowest BCUT2D eigenvalue weighted by molar-refractivity contribution is -0.137. The molecule has 0 radical (unpaired) electrons. The van der Waals surface area contributed by atoms with Crippen LogP contribution < -0.4 is 5.56 Å². The number of piperidine rings is 2. The van der Waals surface area contributed by atoms with Gasteiger partial charge in [0.05, 0.1) is 5.69 Å². The van der Waals surface area contributed by atoms with Crippen LogP contribution in [0.2, 0.25) is 0 Å². The number of hydrogen-bond donors (Lipinski definition) is 1. The molecular weight excluding hydrogens is 480 g/mol. The summed E-state index contributed by atoms with van der Waals surface area (Å²) in [5.74, 6) is -1.00. The van der Waals surface area contributed by atoms with Crippen LogP contribution in [0.25, 0.3) is 6.08 Å². The van der Waals surface area contributed by atoms with Gasteiger partial charge in [-0.15, -0.1) is 0 Å². The Balaban J connectivity index is 1.44. The van der Waals surface area contributed by atoms with Crippen LogP contribution in [0.15, 0.2) is 16.0 Å². The summed E-state index contributed by atoms with van der Waals surface area (Å²) in [5, 5.41) is 12.3. The predicted molar refractivity (Wildman–Crippen MR) is 148 cm³/mol. The Bertz CT molecular complexity index is 1060. The minimum atomic E-state index is -1.03. The molecule has 4 aliphatic rings. The van der Waals surface area contributed by atoms with Crippen LogP contribution in [0, 0.1) is 4.91 Å². The average molecular weight is 525 g/mol. The van der Waals surface area contributed by atoms with Crippen molar-refractivity contribution in [2.75, 3.05) is 0 Å². The number of nitrogens with zero attached hydrogens (tertiary/aromatic N) is 4. The van der Waals surface area contributed by atoms with Gasteiger partial charge in [0.1, 0.15) is 11.7 Å². The van der Waals surface area contributed by atoms with Crippen molar-refractivity contribution in [3.63, 3.8) is 0 Å². The zero-order chi connectivity index (χ0) is 26.5. The Morgan fingerprint density at radius 2 is 1.58 bits per heavy atom. The number of aliphatic carboxylic acids is 1. The van der Waals surface area contributed by atoms with Crippen molar-refractivity contribution < 1.29 is 9.90 Å². The lowest BCUT2D eigenvalue weighted by atomic mass is 9.79. The molecule has 2 bridgehead atoms. The third kappa shape index (κ3) is 5.95. The molecule has 1 aromatic rings. The highest BCUT2D eigenvalue weighted by Crippen LogP contribution is 2.43. The molecule has 38 heavy (non-hydrogen) atoms. The van der Waals surface area contributed by atoms with E-state index in [4.69, 9.17) is 5.11 Å². The van der Waals surface area contributed by atoms with Gasteiger partial charge < -0.3 is 9.67 Å². The van der Waals surface area contributed by atoms with Crippen LogP contribution in [-0.4, -0.2) is 43.7 Å². The normalized spacial score (nSPS) is 27.8. The molecule has 8 heteroatoms. The summed E-state index contributed by atoms with van der Waals surface area (Å²) in [5.41, 5.74) is 1.60. The van der Waals surface area contributed by atoms with E-state index in [1.54, 1.807) is 0 Å². The van der Waals surface area contributed by atoms with Crippen molar-refractivity contribution in [2.45, 2.75) is 146 Å². The highest BCUT2D eigenvalue weighted by Gasteiger charge is 2.43. The number of aromatic nitrogens is 2. The third-order valence-electron chi connectivity index (χ3n) is 9.53. The molecule has 2 saturated heterocycles. The van der Waals surface area contributed by atoms with Gasteiger partial charge in [0.25, 0.3) is 5.56 Å². The minimum absolute atomic E-state index is 0.00501. The topological polar surface area (TPSA) is 105 Å². The first kappa shape index (κ1) is 27.2. The molecule has 208 valence electrons. The number of allylic oxidation sites excluding steroid dienone is 1. The molecule has 1 saturated carbocycles. The largest absolute Gasteiger partial charge is 0.481 e. The van der Waals surface area contributed by atoms with Crippen molar-refractivity contribution in [3.05, 3.63) is 38.4 Å². The Kier molecular flexibility index (Phi) is 9.08. The summed E-state index contributed by atoms with van der Waals surface area (Å²) >= 11 is 0. The van der Waals surface area contributed by atoms with E-state index in [1.807, 2.05) is 10.6 Å². The van der Waals surface area contributed by atoms with E-state index >= 15 is 0 Å². The fraction of sp³-hybridized carbons (Fsp3) is 0.767. The quantitative estimate of drug-likeness (QED) is 0.418. The van der Waals surface area contributed by atoms with Crippen LogP contribution in [0.5, 0.6) is 0 Å². The van der Waals surface area contributed by atoms with Gasteiger partial charge in [0, 0.05) is 36.3 Å². The van der Waals surface area contributed by atoms with Crippen molar-refractivity contribution in [2.24, 2.45) is 5.18 Å². The van der Waals surface area contributed by atoms with Crippen molar-refractivity contribution in [1.82, 2.24) is 14.5 Å². The summed E-state index contributed by atoms with van der Waals surface area (Å²) in [6, 6.07) is 0.692. The molecule has 0 amide bonds. The molecule has 3 fully saturated rings. The highest BCUT2D eigenvalue weighted by molar-refractivity contribution is 5.66. The molecule has 0 spiro atoms. The number of carboxylic acids is 1. The second-order valence-electron chi connectivity index (χ2n) is 12.0. The van der Waals surface area contributed by atoms with Gasteiger partial charge in [-0.2, -0.15) is 4.91 Å². The molecular formula is C30H44N4O4. The molecule has 2 aliphatic carbocycles. The van der Waals surface area contributed by atoms with E-state index < -0.39 is 12.0 Å². The fourth-order valence-electron chi connectivity index (χ4n) is 7.79. The highest BCUT2D eigenvalue weighted by atomic mass is 16.4. The van der Waals surface area contributed by atoms with Gasteiger partial charge in [-0.25, -0.2) is 4.98 Å². The maximum Gasteiger partial charge on any atom is 0.303 e. The first-order valence-corrected chi connectivity index (χ1v) is 15.2. The molecule has 1 N–H and O–H groups in total. The summed E-state index contributed by atoms with van der Waals surface area (Å²) in [6.45, 7) is 0. The average Bonchev–Trinajstić information content (AvgIpc) is 2.91. The van der Waals surface area contributed by atoms with E-state index in [-0.39, 0.29) is 30.1 Å². The molecule has 3 heterocycles. The number of carboxylic acid groups (broad SMARTS) is 1. The van der Waals surface area contributed by atoms with Crippen molar-refractivity contribution in [3.8, 4) is 0 Å². The second kappa shape index (κ2) is 12.7. The van der Waals surface area contributed by atoms with Crippen LogP contribution in [0.4, 0.5) is 0 Å². The van der Waals surface area contributed by atoms with Gasteiger partial charge in [-0.3, -0.25) is 14.5 Å². The Labute approximate surface area is 225 Å². The number of hydrogen-bond acceptors (Lipinski definition) is 6. The second-order valence-corrected chi connectivity index (χ2v) is 12.0. The van der Waals surface area contributed by atoms with E-state index in [2.05, 4.69) is 21.1 Å². The molecule has 3 unspecified atom stereocenters. The first-order valence-electron chi connectivity index (χ1n) is 15.2. The molecule has 8 nitrogen and oxygen atoms in total. The van der Waals surface area contributed by atoms with E-state index in [1.165, 1.54) is 77.0 Å². The Hall–Kier alpha value is -2.35. The molecule has 5 rings (SSSR count). The fourth-order valence-corrected chi connectivity index (χ4v) is 7.79. The first-order chi connectivity index (χ1) is 18.6. The van der Waals surface area contributed by atoms with Gasteiger partial charge in [0.15, 0.2) is 0 Å². The molecule has 2 aliphatic heterocycles. The summed E-state index contributed by atoms with van der Waals surface area (Å²) in [4.78, 5) is 44.3. The molecule has 3 atom stereocenters. The maximum absolute atomic E-state index is 14.0. The zero-order valence-electron chi connectivity index (χ0n) is 22.7. The molecule has 1 aromatic heterocycles. The van der Waals surface area contributed by atoms with Crippen LogP contribution in [0.3, 0.4) is 0 Å². The SMILES string of the molecule is O=NC(CCC(=O)O)c1nc2c(n(C3CC4CCCC(C3)N4C3CCCCCCCCC3)c1=O)CCC=C2. The third-order valence-corrected chi connectivity index (χ3v) is 9.53. The smallest absolute Gasteiger partial charge is 0.303 e. The van der Waals surface area contributed by atoms with Crippen molar-refractivity contribution in [1.29, 1.82) is 0 Å². The van der Waals surface area contributed by atoms with E-state index in [9.17, 15) is 14.5 Å². The number of carbonyl (C=O) groups is 1. The number of rotatable bonds is 7. The van der Waals surface area contributed by atoms with Crippen LogP contribution in [0.1, 0.15) is 138 Å². The van der Waals surface area contributed by atoms with Gasteiger partial charge in [0.2, 0.25) is 0 Å². The summed E-state index contributed by atoms with van der Waals surface area (Å²) < 4.78 is 1.97. The Morgan fingerprint density at radius 1 is 0.947 bits per heavy atom. The lowest BCUT2D eigenvalue weighted by Crippen LogP contribution is -2.57.